The first-order valence-electron chi connectivity index (χ1n) is 5.03. The van der Waals surface area contributed by atoms with Crippen molar-refractivity contribution in [2.75, 3.05) is 13.2 Å². The van der Waals surface area contributed by atoms with Crippen LogP contribution >= 0.6 is 0 Å². The van der Waals surface area contributed by atoms with Crippen molar-refractivity contribution < 1.29 is 29.9 Å². The molecule has 0 unspecified atom stereocenters. The number of allylic oxidation sites excluding steroid dienone is 2. The molecule has 0 aromatic rings. The second kappa shape index (κ2) is 7.42. The second-order valence-corrected chi connectivity index (χ2v) is 4.67. The van der Waals surface area contributed by atoms with Gasteiger partial charge in [-0.25, -0.2) is 0 Å². The van der Waals surface area contributed by atoms with Crippen molar-refractivity contribution in [3.63, 3.8) is 0 Å². The molecule has 0 aromatic heterocycles. The van der Waals surface area contributed by atoms with Gasteiger partial charge in [-0.05, 0) is 12.5 Å². The molecule has 1 rings (SSSR count). The van der Waals surface area contributed by atoms with Gasteiger partial charge >= 0.3 is 17.6 Å². The average Bonchev–Trinajstić information content (AvgIpc) is 2.25. The van der Waals surface area contributed by atoms with Crippen LogP contribution in [0, 0.1) is 0 Å². The van der Waals surface area contributed by atoms with E-state index in [1.165, 1.54) is 10.5 Å². The van der Waals surface area contributed by atoms with E-state index in [2.05, 4.69) is 0 Å². The molecule has 0 aliphatic carbocycles. The standard InChI is InChI=1S/C8H13NO3S.BF4/c1-2-8-12-13(10,11)9-6-4-3-5-7-9;2-1(3,4)5/h3-6H,2,7-8H2,1H3;/q;-1. The van der Waals surface area contributed by atoms with Gasteiger partial charge in [-0.1, -0.05) is 19.1 Å². The Hall–Kier alpha value is -1.03. The largest absolute Gasteiger partial charge is 0.673 e. The monoisotopic (exact) mass is 290 g/mol. The van der Waals surface area contributed by atoms with Gasteiger partial charge < -0.3 is 17.3 Å². The van der Waals surface area contributed by atoms with E-state index in [1.54, 1.807) is 18.2 Å². The molecule has 4 nitrogen and oxygen atoms in total. The minimum atomic E-state index is -6.00. The molecule has 1 aliphatic heterocycles. The molecule has 0 radical (unpaired) electrons. The normalized spacial score (nSPS) is 15.3. The van der Waals surface area contributed by atoms with E-state index >= 15 is 0 Å². The van der Waals surface area contributed by atoms with Gasteiger partial charge in [-0.2, -0.15) is 8.42 Å². The summed E-state index contributed by atoms with van der Waals surface area (Å²) in [6, 6.07) is 0. The third-order valence-electron chi connectivity index (χ3n) is 1.51. The quantitative estimate of drug-likeness (QED) is 0.589. The van der Waals surface area contributed by atoms with E-state index in [-0.39, 0.29) is 6.61 Å². The van der Waals surface area contributed by atoms with Crippen molar-refractivity contribution in [3.05, 3.63) is 24.4 Å². The Kier molecular flexibility index (Phi) is 7.00. The summed E-state index contributed by atoms with van der Waals surface area (Å²) in [5.41, 5.74) is 0. The van der Waals surface area contributed by atoms with Crippen LogP contribution < -0.4 is 0 Å². The molecule has 0 atom stereocenters. The zero-order valence-electron chi connectivity index (χ0n) is 9.60. The fraction of sp³-hybridized carbons (Fsp3) is 0.500. The minimum Gasteiger partial charge on any atom is -0.418 e. The predicted octanol–water partition coefficient (Wildman–Crippen LogP) is 2.34. The minimum absolute atomic E-state index is 0.233. The molecule has 0 spiro atoms. The van der Waals surface area contributed by atoms with Crippen LogP contribution in [0.5, 0.6) is 0 Å². The van der Waals surface area contributed by atoms with E-state index in [1.807, 2.05) is 6.92 Å². The maximum absolute atomic E-state index is 11.4. The van der Waals surface area contributed by atoms with Crippen molar-refractivity contribution in [2.24, 2.45) is 0 Å². The average molecular weight is 290 g/mol. The molecule has 0 saturated heterocycles. The molecule has 18 heavy (non-hydrogen) atoms. The van der Waals surface area contributed by atoms with Gasteiger partial charge in [0, 0.05) is 6.20 Å². The summed E-state index contributed by atoms with van der Waals surface area (Å²) < 4.78 is 67.6. The molecular formula is C8H13BF4NO3S-. The van der Waals surface area contributed by atoms with Crippen LogP contribution in [0.25, 0.3) is 0 Å². The van der Waals surface area contributed by atoms with Gasteiger partial charge in [-0.15, -0.1) is 0 Å². The van der Waals surface area contributed by atoms with Crippen molar-refractivity contribution in [1.82, 2.24) is 4.31 Å². The highest BCUT2D eigenvalue weighted by Gasteiger charge is 2.20. The first kappa shape index (κ1) is 17.0. The third-order valence-corrected chi connectivity index (χ3v) is 2.82. The molecular weight excluding hydrogens is 277 g/mol. The molecule has 0 fully saturated rings. The maximum Gasteiger partial charge on any atom is 0.673 e. The van der Waals surface area contributed by atoms with Gasteiger partial charge in [0.25, 0.3) is 0 Å². The maximum atomic E-state index is 11.4. The summed E-state index contributed by atoms with van der Waals surface area (Å²) in [5.74, 6) is 0. The number of hydrogen-bond acceptors (Lipinski definition) is 3. The van der Waals surface area contributed by atoms with E-state index in [9.17, 15) is 25.7 Å². The van der Waals surface area contributed by atoms with Crippen molar-refractivity contribution in [1.29, 1.82) is 0 Å². The van der Waals surface area contributed by atoms with Crippen LogP contribution in [0.2, 0.25) is 0 Å². The highest BCUT2D eigenvalue weighted by molar-refractivity contribution is 7.84. The Labute approximate surface area is 103 Å². The van der Waals surface area contributed by atoms with Crippen LogP contribution in [0.15, 0.2) is 24.4 Å². The smallest absolute Gasteiger partial charge is 0.418 e. The molecule has 0 N–H and O–H groups in total. The summed E-state index contributed by atoms with van der Waals surface area (Å²) in [4.78, 5) is 0. The molecule has 0 amide bonds. The zero-order chi connectivity index (χ0) is 14.2. The van der Waals surface area contributed by atoms with Crippen LogP contribution in [0.4, 0.5) is 17.3 Å². The fourth-order valence-corrected chi connectivity index (χ4v) is 1.87. The third kappa shape index (κ3) is 9.05. The Bertz CT molecular complexity index is 388. The lowest BCUT2D eigenvalue weighted by atomic mass is 10.3. The summed E-state index contributed by atoms with van der Waals surface area (Å²) in [7, 11) is -9.55. The highest BCUT2D eigenvalue weighted by Crippen LogP contribution is 2.08. The number of halogens is 4. The number of nitrogens with zero attached hydrogens (tertiary/aromatic N) is 1. The number of rotatable bonds is 4. The van der Waals surface area contributed by atoms with Crippen LogP contribution in [-0.4, -0.2) is 33.1 Å². The van der Waals surface area contributed by atoms with Crippen LogP contribution in [0.1, 0.15) is 13.3 Å². The Morgan fingerprint density at radius 3 is 2.22 bits per heavy atom. The SMILES string of the molecule is CCCOS(=O)(=O)N1C=CC=CC1.F[B-](F)(F)F. The van der Waals surface area contributed by atoms with E-state index in [0.717, 1.165) is 0 Å². The summed E-state index contributed by atoms with van der Waals surface area (Å²) in [5, 5.41) is 0. The molecule has 10 heteroatoms. The molecule has 1 aliphatic rings. The van der Waals surface area contributed by atoms with Crippen LogP contribution in [0.3, 0.4) is 0 Å². The van der Waals surface area contributed by atoms with E-state index < -0.39 is 17.6 Å². The van der Waals surface area contributed by atoms with Crippen LogP contribution in [-0.2, 0) is 14.5 Å². The lowest BCUT2D eigenvalue weighted by Crippen LogP contribution is -2.29. The van der Waals surface area contributed by atoms with Crippen molar-refractivity contribution in [3.8, 4) is 0 Å². The van der Waals surface area contributed by atoms with Gasteiger partial charge in [0.1, 0.15) is 0 Å². The van der Waals surface area contributed by atoms with Crippen molar-refractivity contribution in [2.45, 2.75) is 13.3 Å². The lowest BCUT2D eigenvalue weighted by molar-refractivity contribution is 0.289. The highest BCUT2D eigenvalue weighted by atomic mass is 32.2. The van der Waals surface area contributed by atoms with Gasteiger partial charge in [0.2, 0.25) is 0 Å². The molecule has 0 aromatic carbocycles. The molecule has 0 saturated carbocycles. The molecule has 106 valence electrons. The molecule has 0 bridgehead atoms. The Morgan fingerprint density at radius 2 is 1.83 bits per heavy atom. The first-order chi connectivity index (χ1) is 8.17. The van der Waals surface area contributed by atoms with E-state index in [0.29, 0.717) is 13.0 Å². The summed E-state index contributed by atoms with van der Waals surface area (Å²) >= 11 is 0. The fourth-order valence-electron chi connectivity index (χ4n) is 0.872. The second-order valence-electron chi connectivity index (χ2n) is 3.11. The van der Waals surface area contributed by atoms with Gasteiger partial charge in [0.05, 0.1) is 13.2 Å². The topological polar surface area (TPSA) is 46.6 Å². The lowest BCUT2D eigenvalue weighted by Gasteiger charge is -2.19. The molecule has 1 heterocycles. The van der Waals surface area contributed by atoms with Gasteiger partial charge in [0.15, 0.2) is 0 Å². The van der Waals surface area contributed by atoms with E-state index in [4.69, 9.17) is 4.18 Å². The summed E-state index contributed by atoms with van der Waals surface area (Å²) in [6.07, 6.45) is 7.40. The Morgan fingerprint density at radius 1 is 1.28 bits per heavy atom. The summed E-state index contributed by atoms with van der Waals surface area (Å²) in [6.45, 7) is 2.44. The zero-order valence-corrected chi connectivity index (χ0v) is 10.4. The van der Waals surface area contributed by atoms with Crippen molar-refractivity contribution >= 4 is 17.6 Å². The Balaban J connectivity index is 0.000000494. The van der Waals surface area contributed by atoms with Gasteiger partial charge in [-0.3, -0.25) is 8.49 Å². The number of hydrogen-bond donors (Lipinski definition) is 0. The predicted molar refractivity (Wildman–Crippen MR) is 60.3 cm³/mol. The first-order valence-corrected chi connectivity index (χ1v) is 6.40.